The Morgan fingerprint density at radius 3 is 2.78 bits per heavy atom. The molecule has 0 aliphatic rings. The lowest BCUT2D eigenvalue weighted by Crippen LogP contribution is -2.30. The highest BCUT2D eigenvalue weighted by atomic mass is 16.5. The van der Waals surface area contributed by atoms with Gasteiger partial charge in [0.2, 0.25) is 0 Å². The molecule has 1 aromatic carbocycles. The fourth-order valence-electron chi connectivity index (χ4n) is 2.10. The predicted molar refractivity (Wildman–Crippen MR) is 81.5 cm³/mol. The maximum Gasteiger partial charge on any atom is 0.326 e. The van der Waals surface area contributed by atoms with Gasteiger partial charge in [-0.15, -0.1) is 0 Å². The van der Waals surface area contributed by atoms with Gasteiger partial charge in [-0.05, 0) is 12.1 Å². The van der Waals surface area contributed by atoms with Crippen molar-refractivity contribution in [3.63, 3.8) is 0 Å². The van der Waals surface area contributed by atoms with Crippen molar-refractivity contribution in [3.05, 3.63) is 56.6 Å². The molecule has 1 amide bonds. The number of amides is 1. The lowest BCUT2D eigenvalue weighted by Gasteiger charge is -2.02. The fraction of sp³-hybridized carbons (Fsp3) is 0.143. The van der Waals surface area contributed by atoms with Crippen molar-refractivity contribution in [1.29, 1.82) is 0 Å². The van der Waals surface area contributed by atoms with E-state index in [2.05, 4.69) is 20.3 Å². The Morgan fingerprint density at radius 1 is 1.22 bits per heavy atom. The minimum absolute atomic E-state index is 0.114. The molecule has 0 bridgehead atoms. The summed E-state index contributed by atoms with van der Waals surface area (Å²) in [7, 11) is 1.57. The van der Waals surface area contributed by atoms with Crippen LogP contribution < -0.4 is 21.3 Å². The SMILES string of the molecule is COc1ccc2nc(CNC(=O)c3cc(=O)[nH]c(=O)[nH]3)[nH]c2c1. The number of rotatable bonds is 4. The molecule has 23 heavy (non-hydrogen) atoms. The van der Waals surface area contributed by atoms with Gasteiger partial charge in [-0.2, -0.15) is 0 Å². The molecule has 3 rings (SSSR count). The summed E-state index contributed by atoms with van der Waals surface area (Å²) >= 11 is 0. The van der Waals surface area contributed by atoms with Gasteiger partial charge in [0.1, 0.15) is 17.3 Å². The summed E-state index contributed by atoms with van der Waals surface area (Å²) < 4.78 is 5.13. The molecule has 2 heterocycles. The number of hydrogen-bond acceptors (Lipinski definition) is 5. The van der Waals surface area contributed by atoms with Crippen LogP contribution in [0.4, 0.5) is 0 Å². The first-order valence-electron chi connectivity index (χ1n) is 6.69. The molecule has 0 aliphatic carbocycles. The van der Waals surface area contributed by atoms with E-state index in [0.29, 0.717) is 11.6 Å². The highest BCUT2D eigenvalue weighted by Crippen LogP contribution is 2.18. The summed E-state index contributed by atoms with van der Waals surface area (Å²) in [5.41, 5.74) is 0.0162. The third-order valence-electron chi connectivity index (χ3n) is 3.16. The van der Waals surface area contributed by atoms with Gasteiger partial charge in [-0.25, -0.2) is 9.78 Å². The van der Waals surface area contributed by atoms with E-state index in [9.17, 15) is 14.4 Å². The predicted octanol–water partition coefficient (Wildman–Crippen LogP) is -0.122. The van der Waals surface area contributed by atoms with E-state index < -0.39 is 17.2 Å². The van der Waals surface area contributed by atoms with Gasteiger partial charge in [0, 0.05) is 12.1 Å². The van der Waals surface area contributed by atoms with E-state index in [1.807, 2.05) is 4.98 Å². The lowest BCUT2D eigenvalue weighted by molar-refractivity contribution is 0.0944. The van der Waals surface area contributed by atoms with Crippen molar-refractivity contribution >= 4 is 16.9 Å². The molecular weight excluding hydrogens is 302 g/mol. The highest BCUT2D eigenvalue weighted by molar-refractivity contribution is 5.92. The van der Waals surface area contributed by atoms with Crippen molar-refractivity contribution in [3.8, 4) is 5.75 Å². The normalized spacial score (nSPS) is 10.7. The lowest BCUT2D eigenvalue weighted by atomic mass is 10.3. The van der Waals surface area contributed by atoms with Gasteiger partial charge in [-0.3, -0.25) is 14.6 Å². The number of H-pyrrole nitrogens is 3. The Balaban J connectivity index is 1.76. The zero-order chi connectivity index (χ0) is 16.4. The standard InChI is InChI=1S/C14H13N5O4/c1-23-7-2-3-8-9(4-7)17-11(16-8)6-15-13(21)10-5-12(20)19-14(22)18-10/h2-5H,6H2,1H3,(H,15,21)(H,16,17)(H2,18,19,20,22). The number of ether oxygens (including phenoxy) is 1. The van der Waals surface area contributed by atoms with E-state index in [-0.39, 0.29) is 12.2 Å². The molecule has 0 spiro atoms. The van der Waals surface area contributed by atoms with Gasteiger partial charge in [-0.1, -0.05) is 0 Å². The Kier molecular flexibility index (Phi) is 3.67. The van der Waals surface area contributed by atoms with Crippen molar-refractivity contribution < 1.29 is 9.53 Å². The molecule has 0 atom stereocenters. The maximum atomic E-state index is 11.9. The van der Waals surface area contributed by atoms with Crippen LogP contribution in [0.3, 0.4) is 0 Å². The number of nitrogens with zero attached hydrogens (tertiary/aromatic N) is 1. The number of aromatic nitrogens is 4. The molecule has 9 nitrogen and oxygen atoms in total. The first kappa shape index (κ1) is 14.6. The van der Waals surface area contributed by atoms with Crippen LogP contribution in [0.15, 0.2) is 33.9 Å². The smallest absolute Gasteiger partial charge is 0.326 e. The second-order valence-electron chi connectivity index (χ2n) is 4.75. The molecule has 0 unspecified atom stereocenters. The summed E-state index contributed by atoms with van der Waals surface area (Å²) in [5.74, 6) is 0.651. The summed E-state index contributed by atoms with van der Waals surface area (Å²) in [6, 6.07) is 6.39. The second-order valence-corrected chi connectivity index (χ2v) is 4.75. The molecule has 2 aromatic heterocycles. The third kappa shape index (κ3) is 3.12. The van der Waals surface area contributed by atoms with Crippen LogP contribution in [0.25, 0.3) is 11.0 Å². The van der Waals surface area contributed by atoms with Crippen molar-refractivity contribution in [2.24, 2.45) is 0 Å². The molecule has 118 valence electrons. The molecule has 4 N–H and O–H groups in total. The molecule has 0 saturated carbocycles. The number of fused-ring (bicyclic) bond motifs is 1. The zero-order valence-corrected chi connectivity index (χ0v) is 12.1. The highest BCUT2D eigenvalue weighted by Gasteiger charge is 2.09. The largest absolute Gasteiger partial charge is 0.497 e. The van der Waals surface area contributed by atoms with Crippen LogP contribution >= 0.6 is 0 Å². The van der Waals surface area contributed by atoms with E-state index in [1.54, 1.807) is 25.3 Å². The number of nitrogens with one attached hydrogen (secondary N) is 4. The molecule has 0 fully saturated rings. The van der Waals surface area contributed by atoms with Crippen molar-refractivity contribution in [1.82, 2.24) is 25.3 Å². The average molecular weight is 315 g/mol. The number of carbonyl (C=O) groups is 1. The second kappa shape index (κ2) is 5.79. The van der Waals surface area contributed by atoms with Gasteiger partial charge >= 0.3 is 5.69 Å². The summed E-state index contributed by atoms with van der Waals surface area (Å²) in [5, 5.41) is 2.57. The van der Waals surface area contributed by atoms with Crippen molar-refractivity contribution in [2.75, 3.05) is 7.11 Å². The van der Waals surface area contributed by atoms with Gasteiger partial charge in [0.25, 0.3) is 11.5 Å². The molecule has 0 saturated heterocycles. The number of benzene rings is 1. The van der Waals surface area contributed by atoms with Gasteiger partial charge in [0.05, 0.1) is 24.7 Å². The van der Waals surface area contributed by atoms with E-state index >= 15 is 0 Å². The Bertz CT molecular complexity index is 956. The molecule has 0 aliphatic heterocycles. The first-order chi connectivity index (χ1) is 11.0. The Morgan fingerprint density at radius 2 is 2.04 bits per heavy atom. The summed E-state index contributed by atoms with van der Waals surface area (Å²) in [4.78, 5) is 45.9. The van der Waals surface area contributed by atoms with Crippen LogP contribution in [0.1, 0.15) is 16.3 Å². The maximum absolute atomic E-state index is 11.9. The Hall–Kier alpha value is -3.36. The Labute approximate surface area is 128 Å². The van der Waals surface area contributed by atoms with E-state index in [1.165, 1.54) is 0 Å². The molecular formula is C14H13N5O4. The van der Waals surface area contributed by atoms with Crippen LogP contribution in [-0.2, 0) is 6.54 Å². The number of methoxy groups -OCH3 is 1. The van der Waals surface area contributed by atoms with Crippen LogP contribution in [0.2, 0.25) is 0 Å². The van der Waals surface area contributed by atoms with Crippen LogP contribution in [-0.4, -0.2) is 33.0 Å². The minimum atomic E-state index is -0.738. The number of imidazole rings is 1. The van der Waals surface area contributed by atoms with E-state index in [4.69, 9.17) is 4.74 Å². The minimum Gasteiger partial charge on any atom is -0.497 e. The number of aromatic amines is 3. The molecule has 3 aromatic rings. The van der Waals surface area contributed by atoms with Gasteiger partial charge < -0.3 is 20.0 Å². The monoisotopic (exact) mass is 315 g/mol. The molecule has 0 radical (unpaired) electrons. The fourth-order valence-corrected chi connectivity index (χ4v) is 2.10. The van der Waals surface area contributed by atoms with E-state index in [0.717, 1.165) is 17.1 Å². The third-order valence-corrected chi connectivity index (χ3v) is 3.16. The van der Waals surface area contributed by atoms with Crippen LogP contribution in [0, 0.1) is 0 Å². The van der Waals surface area contributed by atoms with Crippen LogP contribution in [0.5, 0.6) is 5.75 Å². The number of hydrogen-bond donors (Lipinski definition) is 4. The summed E-state index contributed by atoms with van der Waals surface area (Å²) in [6.45, 7) is 0.116. The molecule has 9 heteroatoms. The average Bonchev–Trinajstić information content (AvgIpc) is 2.93. The number of carbonyl (C=O) groups excluding carboxylic acids is 1. The van der Waals surface area contributed by atoms with Gasteiger partial charge in [0.15, 0.2) is 0 Å². The summed E-state index contributed by atoms with van der Waals surface area (Å²) in [6.07, 6.45) is 0. The quantitative estimate of drug-likeness (QED) is 0.532. The first-order valence-corrected chi connectivity index (χ1v) is 6.69. The zero-order valence-electron chi connectivity index (χ0n) is 12.1. The topological polar surface area (TPSA) is 133 Å². The van der Waals surface area contributed by atoms with Crippen molar-refractivity contribution in [2.45, 2.75) is 6.54 Å².